The van der Waals surface area contributed by atoms with Gasteiger partial charge >= 0.3 is 5.97 Å². The molecular weight excluding hydrogens is 514 g/mol. The van der Waals surface area contributed by atoms with E-state index in [-0.39, 0.29) is 34.3 Å². The summed E-state index contributed by atoms with van der Waals surface area (Å²) in [5.41, 5.74) is 2.22. The number of benzene rings is 2. The molecule has 1 fully saturated rings. The van der Waals surface area contributed by atoms with E-state index in [4.69, 9.17) is 11.6 Å². The minimum absolute atomic E-state index is 0.0262. The van der Waals surface area contributed by atoms with Crippen LogP contribution in [-0.4, -0.2) is 51.9 Å². The average molecular weight is 548 g/mol. The highest BCUT2D eigenvalue weighted by Crippen LogP contribution is 2.42. The molecule has 39 heavy (non-hydrogen) atoms. The fourth-order valence-corrected chi connectivity index (χ4v) is 5.48. The summed E-state index contributed by atoms with van der Waals surface area (Å²) in [5, 5.41) is 13.2. The van der Waals surface area contributed by atoms with Gasteiger partial charge in [0.2, 0.25) is 5.91 Å². The Labute approximate surface area is 234 Å². The summed E-state index contributed by atoms with van der Waals surface area (Å²) in [6, 6.07) is 16.9. The van der Waals surface area contributed by atoms with Gasteiger partial charge in [0.05, 0.1) is 11.3 Å². The molecule has 2 aromatic carbocycles. The van der Waals surface area contributed by atoms with Crippen LogP contribution >= 0.6 is 11.6 Å². The number of aromatic carboxylic acids is 1. The minimum atomic E-state index is -1.15. The van der Waals surface area contributed by atoms with E-state index < -0.39 is 17.9 Å². The number of hydrogen-bond donors (Lipinski definition) is 2. The first-order valence-corrected chi connectivity index (χ1v) is 13.5. The molecule has 0 spiro atoms. The number of pyridine rings is 1. The lowest BCUT2D eigenvalue weighted by atomic mass is 9.70. The number of halogens is 1. The van der Waals surface area contributed by atoms with Gasteiger partial charge < -0.3 is 15.3 Å². The van der Waals surface area contributed by atoms with Crippen molar-refractivity contribution in [3.63, 3.8) is 0 Å². The molecule has 1 unspecified atom stereocenters. The number of likely N-dealkylation sites (tertiary alicyclic amines) is 1. The summed E-state index contributed by atoms with van der Waals surface area (Å²) < 4.78 is 0. The molecule has 0 saturated carbocycles. The van der Waals surface area contributed by atoms with Gasteiger partial charge in [0.1, 0.15) is 6.04 Å². The molecule has 1 aliphatic rings. The molecule has 2 N–H and O–H groups in total. The molecule has 2 amide bonds. The summed E-state index contributed by atoms with van der Waals surface area (Å²) in [5.74, 6) is -1.69. The van der Waals surface area contributed by atoms with Gasteiger partial charge in [-0.3, -0.25) is 14.6 Å². The third-order valence-electron chi connectivity index (χ3n) is 7.44. The highest BCUT2D eigenvalue weighted by molar-refractivity contribution is 6.30. The first kappa shape index (κ1) is 28.3. The van der Waals surface area contributed by atoms with Crippen LogP contribution in [-0.2, 0) is 4.79 Å². The van der Waals surface area contributed by atoms with Crippen molar-refractivity contribution in [3.05, 3.63) is 88.6 Å². The quantitative estimate of drug-likeness (QED) is 0.384. The molecule has 0 radical (unpaired) electrons. The predicted molar refractivity (Wildman–Crippen MR) is 152 cm³/mol. The molecule has 1 aliphatic heterocycles. The molecule has 4 rings (SSSR count). The SMILES string of the molecule is CC(C)[C@@H](NC(=O)c1cc(C(=O)O)cc(-c2ccccn2)c1)C(=O)N1CCC(c2ccc(Cl)cc2)C(C)(C)C1. The van der Waals surface area contributed by atoms with Crippen molar-refractivity contribution >= 4 is 29.4 Å². The van der Waals surface area contributed by atoms with Gasteiger partial charge in [-0.1, -0.05) is 57.5 Å². The van der Waals surface area contributed by atoms with Crippen LogP contribution in [0.25, 0.3) is 11.3 Å². The van der Waals surface area contributed by atoms with Crippen LogP contribution in [0.3, 0.4) is 0 Å². The Kier molecular flexibility index (Phi) is 8.40. The molecular formula is C31H34ClN3O4. The van der Waals surface area contributed by atoms with E-state index in [1.807, 2.05) is 43.0 Å². The predicted octanol–water partition coefficient (Wildman–Crippen LogP) is 5.90. The van der Waals surface area contributed by atoms with Gasteiger partial charge in [-0.15, -0.1) is 0 Å². The number of carboxylic acid groups (broad SMARTS) is 1. The van der Waals surface area contributed by atoms with E-state index in [2.05, 4.69) is 24.1 Å². The zero-order chi connectivity index (χ0) is 28.3. The van der Waals surface area contributed by atoms with Crippen LogP contribution in [0.1, 0.15) is 66.3 Å². The minimum Gasteiger partial charge on any atom is -0.478 e. The monoisotopic (exact) mass is 547 g/mol. The summed E-state index contributed by atoms with van der Waals surface area (Å²) in [4.78, 5) is 45.0. The lowest BCUT2D eigenvalue weighted by Crippen LogP contribution is -2.55. The van der Waals surface area contributed by atoms with E-state index in [0.717, 1.165) is 6.42 Å². The number of amides is 2. The van der Waals surface area contributed by atoms with E-state index in [9.17, 15) is 19.5 Å². The molecule has 2 heterocycles. The Hall–Kier alpha value is -3.71. The Bertz CT molecular complexity index is 1360. The number of nitrogens with zero attached hydrogens (tertiary/aromatic N) is 2. The Balaban J connectivity index is 1.54. The number of carbonyl (C=O) groups excluding carboxylic acids is 2. The van der Waals surface area contributed by atoms with E-state index in [1.165, 1.54) is 17.7 Å². The Morgan fingerprint density at radius 1 is 1.05 bits per heavy atom. The third-order valence-corrected chi connectivity index (χ3v) is 7.69. The second-order valence-electron chi connectivity index (χ2n) is 11.2. The fourth-order valence-electron chi connectivity index (χ4n) is 5.36. The van der Waals surface area contributed by atoms with Crippen LogP contribution in [0.2, 0.25) is 5.02 Å². The number of carbonyl (C=O) groups is 3. The van der Waals surface area contributed by atoms with Gasteiger partial charge in [0.25, 0.3) is 5.91 Å². The first-order valence-electron chi connectivity index (χ1n) is 13.1. The van der Waals surface area contributed by atoms with E-state index in [0.29, 0.717) is 29.4 Å². The highest BCUT2D eigenvalue weighted by Gasteiger charge is 2.40. The van der Waals surface area contributed by atoms with Crippen molar-refractivity contribution in [1.82, 2.24) is 15.2 Å². The van der Waals surface area contributed by atoms with Crippen molar-refractivity contribution in [1.29, 1.82) is 0 Å². The normalized spacial score (nSPS) is 17.5. The van der Waals surface area contributed by atoms with Gasteiger partial charge in [0, 0.05) is 35.4 Å². The van der Waals surface area contributed by atoms with Gasteiger partial charge in [-0.25, -0.2) is 4.79 Å². The highest BCUT2D eigenvalue weighted by atomic mass is 35.5. The molecule has 1 aromatic heterocycles. The van der Waals surface area contributed by atoms with Gasteiger partial charge in [-0.2, -0.15) is 0 Å². The Morgan fingerprint density at radius 2 is 1.74 bits per heavy atom. The maximum absolute atomic E-state index is 13.7. The van der Waals surface area contributed by atoms with Crippen molar-refractivity contribution in [3.8, 4) is 11.3 Å². The zero-order valence-electron chi connectivity index (χ0n) is 22.6. The second-order valence-corrected chi connectivity index (χ2v) is 11.6. The molecule has 7 nitrogen and oxygen atoms in total. The second kappa shape index (κ2) is 11.6. The van der Waals surface area contributed by atoms with Crippen LogP contribution in [0.4, 0.5) is 0 Å². The number of nitrogens with one attached hydrogen (secondary N) is 1. The lowest BCUT2D eigenvalue weighted by Gasteiger charge is -2.45. The molecule has 0 bridgehead atoms. The summed E-state index contributed by atoms with van der Waals surface area (Å²) in [6.45, 7) is 9.23. The molecule has 8 heteroatoms. The first-order chi connectivity index (χ1) is 18.5. The van der Waals surface area contributed by atoms with Crippen LogP contribution in [0.15, 0.2) is 66.9 Å². The van der Waals surface area contributed by atoms with Crippen LogP contribution < -0.4 is 5.32 Å². The number of aromatic nitrogens is 1. The number of rotatable bonds is 7. The summed E-state index contributed by atoms with van der Waals surface area (Å²) >= 11 is 6.08. The van der Waals surface area contributed by atoms with Crippen molar-refractivity contribution in [2.45, 2.75) is 46.1 Å². The molecule has 1 saturated heterocycles. The summed E-state index contributed by atoms with van der Waals surface area (Å²) in [7, 11) is 0. The molecule has 2 atom stereocenters. The number of piperidine rings is 1. The van der Waals surface area contributed by atoms with Gasteiger partial charge in [-0.05, 0) is 71.7 Å². The fraction of sp³-hybridized carbons (Fsp3) is 0.355. The average Bonchev–Trinajstić information content (AvgIpc) is 2.91. The maximum atomic E-state index is 13.7. The molecule has 0 aliphatic carbocycles. The standard InChI is InChI=1S/C31H34ClN3O4/c1-19(2)27(29(37)35-14-12-25(31(3,4)18-35)20-8-10-24(32)11-9-20)34-28(36)22-15-21(16-23(17-22)30(38)39)26-7-5-6-13-33-26/h5-11,13,15-17,19,25,27H,12,14,18H2,1-4H3,(H,34,36)(H,38,39)/t25?,27-/m1/s1. The van der Waals surface area contributed by atoms with Crippen molar-refractivity contribution in [2.24, 2.45) is 11.3 Å². The van der Waals surface area contributed by atoms with E-state index in [1.54, 1.807) is 30.5 Å². The van der Waals surface area contributed by atoms with Crippen LogP contribution in [0, 0.1) is 11.3 Å². The van der Waals surface area contributed by atoms with E-state index >= 15 is 0 Å². The number of carboxylic acids is 1. The zero-order valence-corrected chi connectivity index (χ0v) is 23.4. The number of hydrogen-bond acceptors (Lipinski definition) is 4. The van der Waals surface area contributed by atoms with Gasteiger partial charge in [0.15, 0.2) is 0 Å². The van der Waals surface area contributed by atoms with Crippen LogP contribution in [0.5, 0.6) is 0 Å². The third kappa shape index (κ3) is 6.48. The molecule has 3 aromatic rings. The topological polar surface area (TPSA) is 99.6 Å². The molecule has 204 valence electrons. The lowest BCUT2D eigenvalue weighted by molar-refractivity contribution is -0.137. The van der Waals surface area contributed by atoms with Crippen molar-refractivity contribution < 1.29 is 19.5 Å². The Morgan fingerprint density at radius 3 is 2.33 bits per heavy atom. The summed E-state index contributed by atoms with van der Waals surface area (Å²) in [6.07, 6.45) is 2.40. The maximum Gasteiger partial charge on any atom is 0.335 e. The smallest absolute Gasteiger partial charge is 0.335 e. The van der Waals surface area contributed by atoms with Crippen molar-refractivity contribution in [2.75, 3.05) is 13.1 Å². The largest absolute Gasteiger partial charge is 0.478 e.